The fourth-order valence-electron chi connectivity index (χ4n) is 4.00. The molecule has 8 heteroatoms. The van der Waals surface area contributed by atoms with Gasteiger partial charge in [0.25, 0.3) is 0 Å². The molecule has 1 atom stereocenters. The molecule has 0 bridgehead atoms. The highest BCUT2D eigenvalue weighted by atomic mass is 35.5. The van der Waals surface area contributed by atoms with E-state index in [0.29, 0.717) is 28.0 Å². The third-order valence-electron chi connectivity index (χ3n) is 5.46. The first-order valence-electron chi connectivity index (χ1n) is 9.40. The van der Waals surface area contributed by atoms with Gasteiger partial charge in [0.2, 0.25) is 5.91 Å². The van der Waals surface area contributed by atoms with Crippen molar-refractivity contribution < 1.29 is 18.7 Å². The number of carbonyl (C=O) groups is 2. The van der Waals surface area contributed by atoms with Gasteiger partial charge in [0, 0.05) is 39.8 Å². The van der Waals surface area contributed by atoms with Crippen molar-refractivity contribution in [1.82, 2.24) is 0 Å². The van der Waals surface area contributed by atoms with Gasteiger partial charge in [-0.3, -0.25) is 9.69 Å². The average Bonchev–Trinajstić information content (AvgIpc) is 3.23. The highest BCUT2D eigenvalue weighted by Crippen LogP contribution is 2.56. The van der Waals surface area contributed by atoms with Crippen molar-refractivity contribution in [2.24, 2.45) is 0 Å². The third-order valence-corrected chi connectivity index (χ3v) is 7.32. The quantitative estimate of drug-likeness (QED) is 0.442. The fourth-order valence-corrected chi connectivity index (χ4v) is 5.57. The summed E-state index contributed by atoms with van der Waals surface area (Å²) in [7, 11) is 0. The van der Waals surface area contributed by atoms with E-state index in [1.807, 2.05) is 31.2 Å². The summed E-state index contributed by atoms with van der Waals surface area (Å²) in [6, 6.07) is 12.1. The van der Waals surface area contributed by atoms with Crippen molar-refractivity contribution in [3.63, 3.8) is 0 Å². The molecule has 30 heavy (non-hydrogen) atoms. The van der Waals surface area contributed by atoms with E-state index in [9.17, 15) is 14.4 Å². The van der Waals surface area contributed by atoms with E-state index in [4.69, 9.17) is 20.8 Å². The number of hydrogen-bond donors (Lipinski definition) is 0. The number of benzene rings is 2. The normalized spacial score (nSPS) is 19.8. The number of para-hydroxylation sites is 1. The molecule has 1 saturated heterocycles. The molecular formula is C22H16ClNO5S. The second-order valence-corrected chi connectivity index (χ2v) is 9.07. The van der Waals surface area contributed by atoms with Gasteiger partial charge >= 0.3 is 11.6 Å². The van der Waals surface area contributed by atoms with Crippen LogP contribution in [0.3, 0.4) is 0 Å². The van der Waals surface area contributed by atoms with E-state index >= 15 is 0 Å². The summed E-state index contributed by atoms with van der Waals surface area (Å²) in [4.78, 5) is 39.0. The first kappa shape index (κ1) is 19.2. The SMILES string of the molecule is Cc1cc2oc(=O)cc(COC(=O)[C@@]34CCC(=O)N3c3ccccc3S4)c2cc1Cl. The molecule has 0 radical (unpaired) electrons. The summed E-state index contributed by atoms with van der Waals surface area (Å²) >= 11 is 7.57. The molecule has 3 heterocycles. The van der Waals surface area contributed by atoms with Gasteiger partial charge in [0.15, 0.2) is 4.87 Å². The van der Waals surface area contributed by atoms with Crippen LogP contribution in [0.1, 0.15) is 24.0 Å². The van der Waals surface area contributed by atoms with Crippen molar-refractivity contribution in [1.29, 1.82) is 0 Å². The van der Waals surface area contributed by atoms with Crippen LogP contribution >= 0.6 is 23.4 Å². The zero-order valence-corrected chi connectivity index (χ0v) is 17.5. The number of fused-ring (bicyclic) bond motifs is 4. The first-order valence-corrected chi connectivity index (χ1v) is 10.6. The highest BCUT2D eigenvalue weighted by Gasteiger charge is 2.58. The maximum Gasteiger partial charge on any atom is 0.343 e. The number of anilines is 1. The lowest BCUT2D eigenvalue weighted by Gasteiger charge is -2.28. The summed E-state index contributed by atoms with van der Waals surface area (Å²) < 4.78 is 10.9. The van der Waals surface area contributed by atoms with Crippen LogP contribution in [-0.4, -0.2) is 16.7 Å². The number of hydrogen-bond acceptors (Lipinski definition) is 6. The van der Waals surface area contributed by atoms with Gasteiger partial charge in [-0.15, -0.1) is 0 Å². The Balaban J connectivity index is 1.47. The number of aryl methyl sites for hydroxylation is 1. The zero-order valence-electron chi connectivity index (χ0n) is 15.9. The number of nitrogens with zero attached hydrogens (tertiary/aromatic N) is 1. The number of amides is 1. The number of rotatable bonds is 3. The van der Waals surface area contributed by atoms with Crippen LogP contribution in [-0.2, 0) is 20.9 Å². The molecule has 1 aromatic heterocycles. The Morgan fingerprint density at radius 3 is 2.90 bits per heavy atom. The van der Waals surface area contributed by atoms with Gasteiger partial charge < -0.3 is 9.15 Å². The first-order chi connectivity index (χ1) is 14.4. The van der Waals surface area contributed by atoms with Gasteiger partial charge in [-0.1, -0.05) is 35.5 Å². The van der Waals surface area contributed by atoms with Crippen LogP contribution in [0, 0.1) is 6.92 Å². The monoisotopic (exact) mass is 441 g/mol. The van der Waals surface area contributed by atoms with E-state index in [2.05, 4.69) is 0 Å². The van der Waals surface area contributed by atoms with E-state index in [-0.39, 0.29) is 18.9 Å². The standard InChI is InChI=1S/C22H16ClNO5S/c1-12-8-17-14(10-15(12)23)13(9-20(26)29-17)11-28-21(27)22-7-6-19(25)24(22)16-4-2-3-5-18(16)30-22/h2-5,8-10H,6-7,11H2,1H3/t22-/m0/s1. The van der Waals surface area contributed by atoms with Gasteiger partial charge in [-0.25, -0.2) is 9.59 Å². The number of esters is 1. The Morgan fingerprint density at radius 1 is 1.27 bits per heavy atom. The summed E-state index contributed by atoms with van der Waals surface area (Å²) in [5.41, 5.74) is 1.86. The summed E-state index contributed by atoms with van der Waals surface area (Å²) in [6.07, 6.45) is 0.649. The minimum atomic E-state index is -1.11. The van der Waals surface area contributed by atoms with Crippen LogP contribution < -0.4 is 10.5 Å². The Labute approximate surface area is 180 Å². The lowest BCUT2D eigenvalue weighted by atomic mass is 10.1. The Kier molecular flexibility index (Phi) is 4.41. The molecule has 2 aliphatic heterocycles. The lowest BCUT2D eigenvalue weighted by molar-refractivity contribution is -0.148. The molecule has 1 fully saturated rings. The largest absolute Gasteiger partial charge is 0.458 e. The molecule has 2 aromatic carbocycles. The molecule has 0 spiro atoms. The molecule has 1 amide bonds. The Morgan fingerprint density at radius 2 is 2.07 bits per heavy atom. The number of halogens is 1. The van der Waals surface area contributed by atoms with Crippen LogP contribution in [0.2, 0.25) is 5.02 Å². The molecule has 2 aliphatic rings. The van der Waals surface area contributed by atoms with Crippen LogP contribution in [0.4, 0.5) is 5.69 Å². The predicted octanol–water partition coefficient (Wildman–Crippen LogP) is 4.43. The summed E-state index contributed by atoms with van der Waals surface area (Å²) in [5, 5.41) is 1.13. The minimum Gasteiger partial charge on any atom is -0.458 e. The van der Waals surface area contributed by atoms with Gasteiger partial charge in [0.1, 0.15) is 12.2 Å². The van der Waals surface area contributed by atoms with E-state index in [1.165, 1.54) is 17.8 Å². The van der Waals surface area contributed by atoms with Gasteiger partial charge in [-0.05, 0) is 36.8 Å². The maximum atomic E-state index is 13.2. The molecule has 3 aromatic rings. The molecule has 5 rings (SSSR count). The van der Waals surface area contributed by atoms with Crippen LogP contribution in [0.5, 0.6) is 0 Å². The average molecular weight is 442 g/mol. The van der Waals surface area contributed by atoms with E-state index in [0.717, 1.165) is 16.1 Å². The van der Waals surface area contributed by atoms with Crippen molar-refractivity contribution >= 4 is 51.9 Å². The van der Waals surface area contributed by atoms with Gasteiger partial charge in [0.05, 0.1) is 5.69 Å². The van der Waals surface area contributed by atoms with Crippen molar-refractivity contribution in [2.75, 3.05) is 4.90 Å². The van der Waals surface area contributed by atoms with E-state index < -0.39 is 16.5 Å². The zero-order chi connectivity index (χ0) is 21.0. The van der Waals surface area contributed by atoms with Gasteiger partial charge in [-0.2, -0.15) is 0 Å². The fraction of sp³-hybridized carbons (Fsp3) is 0.227. The minimum absolute atomic E-state index is 0.0996. The molecule has 0 aliphatic carbocycles. The Bertz CT molecular complexity index is 1290. The molecule has 0 saturated carbocycles. The molecule has 152 valence electrons. The van der Waals surface area contributed by atoms with E-state index in [1.54, 1.807) is 17.0 Å². The number of ether oxygens (including phenoxy) is 1. The second-order valence-electron chi connectivity index (χ2n) is 7.35. The third kappa shape index (κ3) is 2.84. The lowest BCUT2D eigenvalue weighted by Crippen LogP contribution is -2.47. The van der Waals surface area contributed by atoms with Crippen LogP contribution in [0.15, 0.2) is 56.6 Å². The van der Waals surface area contributed by atoms with Crippen molar-refractivity contribution in [3.05, 3.63) is 69.0 Å². The van der Waals surface area contributed by atoms with Crippen molar-refractivity contribution in [3.8, 4) is 0 Å². The van der Waals surface area contributed by atoms with Crippen molar-refractivity contribution in [2.45, 2.75) is 36.1 Å². The summed E-state index contributed by atoms with van der Waals surface area (Å²) in [6.45, 7) is 1.69. The maximum absolute atomic E-state index is 13.2. The Hall–Kier alpha value is -2.77. The topological polar surface area (TPSA) is 76.8 Å². The van der Waals surface area contributed by atoms with Crippen LogP contribution in [0.25, 0.3) is 11.0 Å². The molecular weight excluding hydrogens is 426 g/mol. The second kappa shape index (κ2) is 6.89. The molecule has 0 N–H and O–H groups in total. The summed E-state index contributed by atoms with van der Waals surface area (Å²) in [5.74, 6) is -0.605. The molecule has 0 unspecified atom stereocenters. The number of carbonyl (C=O) groups excluding carboxylic acids is 2. The predicted molar refractivity (Wildman–Crippen MR) is 114 cm³/mol. The smallest absolute Gasteiger partial charge is 0.343 e. The molecule has 6 nitrogen and oxygen atoms in total. The highest BCUT2D eigenvalue weighted by molar-refractivity contribution is 8.02. The number of thioether (sulfide) groups is 1.